The second-order valence-corrected chi connectivity index (χ2v) is 5.68. The van der Waals surface area contributed by atoms with Crippen LogP contribution in [0.25, 0.3) is 33.5 Å². The van der Waals surface area contributed by atoms with Crippen LogP contribution >= 0.6 is 0 Å². The van der Waals surface area contributed by atoms with Gasteiger partial charge in [0.15, 0.2) is 5.82 Å². The summed E-state index contributed by atoms with van der Waals surface area (Å²) in [6.45, 7) is 0. The molecule has 2 aromatic carbocycles. The highest BCUT2D eigenvalue weighted by Crippen LogP contribution is 2.27. The number of pyridine rings is 1. The molecule has 0 unspecified atom stereocenters. The third-order valence-electron chi connectivity index (χ3n) is 4.20. The Morgan fingerprint density at radius 3 is 2.64 bits per heavy atom. The van der Waals surface area contributed by atoms with Crippen LogP contribution in [0.1, 0.15) is 0 Å². The summed E-state index contributed by atoms with van der Waals surface area (Å²) in [4.78, 5) is 19.7. The molecule has 0 bridgehead atoms. The minimum absolute atomic E-state index is 0.0238. The summed E-state index contributed by atoms with van der Waals surface area (Å²) in [5.41, 5.74) is 2.95. The van der Waals surface area contributed by atoms with Gasteiger partial charge in [-0.05, 0) is 30.3 Å². The summed E-state index contributed by atoms with van der Waals surface area (Å²) in [5.74, 6) is 1.44. The van der Waals surface area contributed by atoms with Gasteiger partial charge in [-0.2, -0.15) is 0 Å². The molecule has 0 amide bonds. The number of imidazole rings is 1. The Kier molecular flexibility index (Phi) is 3.35. The fraction of sp³-hybridized carbons (Fsp3) is 0.111. The number of hydrogen-bond acceptors (Lipinski definition) is 5. The third kappa shape index (κ3) is 2.46. The second-order valence-electron chi connectivity index (χ2n) is 5.68. The van der Waals surface area contributed by atoms with Gasteiger partial charge in [-0.15, -0.1) is 0 Å². The predicted molar refractivity (Wildman–Crippen MR) is 94.7 cm³/mol. The number of fused-ring (bicyclic) bond motifs is 2. The minimum atomic E-state index is -0.421. The number of aromatic nitrogens is 3. The first-order chi connectivity index (χ1) is 12.1. The lowest BCUT2D eigenvalue weighted by molar-refractivity contribution is -0.384. The summed E-state index contributed by atoms with van der Waals surface area (Å²) in [5, 5.41) is 11.9. The molecule has 0 radical (unpaired) electrons. The van der Waals surface area contributed by atoms with E-state index in [0.29, 0.717) is 17.0 Å². The Morgan fingerprint density at radius 1 is 1.04 bits per heavy atom. The molecule has 2 heterocycles. The van der Waals surface area contributed by atoms with Crippen LogP contribution in [-0.4, -0.2) is 26.6 Å². The van der Waals surface area contributed by atoms with Crippen LogP contribution in [0.15, 0.2) is 48.5 Å². The molecule has 0 saturated heterocycles. The topological polar surface area (TPSA) is 83.1 Å². The lowest BCUT2D eigenvalue weighted by atomic mass is 10.2. The van der Waals surface area contributed by atoms with Gasteiger partial charge in [0.1, 0.15) is 11.4 Å². The van der Waals surface area contributed by atoms with Gasteiger partial charge in [0.05, 0.1) is 28.6 Å². The molecular weight excluding hydrogens is 320 g/mol. The zero-order chi connectivity index (χ0) is 17.6. The van der Waals surface area contributed by atoms with Crippen LogP contribution in [0.2, 0.25) is 0 Å². The predicted octanol–water partition coefficient (Wildman–Crippen LogP) is 3.71. The normalized spacial score (nSPS) is 11.1. The number of nitro groups is 1. The standard InChI is InChI=1S/C18H14N4O3/c1-21-17-8-4-12(22(23)24)10-16(17)20-18(21)15-6-3-11-9-13(25-2)5-7-14(11)19-15/h3-10H,1-2H3. The number of aryl methyl sites for hydroxylation is 1. The van der Waals surface area contributed by atoms with Crippen LogP contribution in [-0.2, 0) is 7.05 Å². The summed E-state index contributed by atoms with van der Waals surface area (Å²) >= 11 is 0. The number of methoxy groups -OCH3 is 1. The van der Waals surface area contributed by atoms with Crippen molar-refractivity contribution >= 4 is 27.6 Å². The Balaban J connectivity index is 1.87. The minimum Gasteiger partial charge on any atom is -0.497 e. The molecule has 7 heteroatoms. The molecule has 4 rings (SSSR count). The molecule has 0 aliphatic carbocycles. The van der Waals surface area contributed by atoms with Gasteiger partial charge in [0, 0.05) is 24.6 Å². The van der Waals surface area contributed by atoms with Gasteiger partial charge in [0.25, 0.3) is 5.69 Å². The van der Waals surface area contributed by atoms with Gasteiger partial charge >= 0.3 is 0 Å². The first-order valence-corrected chi connectivity index (χ1v) is 7.63. The van der Waals surface area contributed by atoms with Gasteiger partial charge in [-0.1, -0.05) is 6.07 Å². The smallest absolute Gasteiger partial charge is 0.271 e. The van der Waals surface area contributed by atoms with E-state index < -0.39 is 4.92 Å². The maximum Gasteiger partial charge on any atom is 0.271 e. The lowest BCUT2D eigenvalue weighted by Gasteiger charge is -2.05. The molecule has 25 heavy (non-hydrogen) atoms. The fourth-order valence-electron chi connectivity index (χ4n) is 2.89. The summed E-state index contributed by atoms with van der Waals surface area (Å²) in [7, 11) is 3.50. The van der Waals surface area contributed by atoms with Gasteiger partial charge in [0.2, 0.25) is 0 Å². The lowest BCUT2D eigenvalue weighted by Crippen LogP contribution is -1.95. The van der Waals surface area contributed by atoms with Crippen LogP contribution in [0.3, 0.4) is 0 Å². The highest BCUT2D eigenvalue weighted by molar-refractivity contribution is 5.85. The van der Waals surface area contributed by atoms with E-state index in [1.54, 1.807) is 13.2 Å². The average Bonchev–Trinajstić information content (AvgIpc) is 2.97. The summed E-state index contributed by atoms with van der Waals surface area (Å²) < 4.78 is 7.11. The van der Waals surface area contributed by atoms with E-state index in [4.69, 9.17) is 4.74 Å². The average molecular weight is 334 g/mol. The van der Waals surface area contributed by atoms with Crippen molar-refractivity contribution in [1.29, 1.82) is 0 Å². The second kappa shape index (κ2) is 5.55. The number of nitro benzene ring substituents is 1. The van der Waals surface area contributed by atoms with E-state index in [1.807, 2.05) is 41.9 Å². The van der Waals surface area contributed by atoms with Gasteiger partial charge in [-0.3, -0.25) is 10.1 Å². The molecule has 0 aliphatic rings. The van der Waals surface area contributed by atoms with E-state index in [9.17, 15) is 10.1 Å². The van der Waals surface area contributed by atoms with Crippen molar-refractivity contribution < 1.29 is 9.66 Å². The number of ether oxygens (including phenoxy) is 1. The zero-order valence-electron chi connectivity index (χ0n) is 13.6. The Hall–Kier alpha value is -3.48. The molecule has 0 atom stereocenters. The van der Waals surface area contributed by atoms with Crippen molar-refractivity contribution in [2.75, 3.05) is 7.11 Å². The maximum absolute atomic E-state index is 11.0. The summed E-state index contributed by atoms with van der Waals surface area (Å²) in [6.07, 6.45) is 0. The molecule has 7 nitrogen and oxygen atoms in total. The number of non-ortho nitro benzene ring substituents is 1. The van der Waals surface area contributed by atoms with Crippen LogP contribution in [0.5, 0.6) is 5.75 Å². The Bertz CT molecular complexity index is 1130. The van der Waals surface area contributed by atoms with E-state index in [2.05, 4.69) is 9.97 Å². The maximum atomic E-state index is 11.0. The highest BCUT2D eigenvalue weighted by Gasteiger charge is 2.15. The molecule has 0 fully saturated rings. The molecular formula is C18H14N4O3. The summed E-state index contributed by atoms with van der Waals surface area (Å²) in [6, 6.07) is 14.2. The molecule has 0 N–H and O–H groups in total. The first-order valence-electron chi connectivity index (χ1n) is 7.63. The molecule has 0 saturated carbocycles. The number of hydrogen-bond donors (Lipinski definition) is 0. The number of rotatable bonds is 3. The first kappa shape index (κ1) is 15.1. The van der Waals surface area contributed by atoms with Crippen molar-refractivity contribution in [3.63, 3.8) is 0 Å². The van der Waals surface area contributed by atoms with Gasteiger partial charge < -0.3 is 9.30 Å². The third-order valence-corrected chi connectivity index (χ3v) is 4.20. The van der Waals surface area contributed by atoms with Gasteiger partial charge in [-0.25, -0.2) is 9.97 Å². The van der Waals surface area contributed by atoms with Crippen molar-refractivity contribution in [3.8, 4) is 17.3 Å². The number of nitrogens with zero attached hydrogens (tertiary/aromatic N) is 4. The van der Waals surface area contributed by atoms with Crippen molar-refractivity contribution in [3.05, 3.63) is 58.6 Å². The Labute approximate surface area is 142 Å². The van der Waals surface area contributed by atoms with Crippen LogP contribution in [0, 0.1) is 10.1 Å². The molecule has 4 aromatic rings. The molecule has 124 valence electrons. The van der Waals surface area contributed by atoms with Crippen molar-refractivity contribution in [2.45, 2.75) is 0 Å². The Morgan fingerprint density at radius 2 is 1.88 bits per heavy atom. The number of benzene rings is 2. The largest absolute Gasteiger partial charge is 0.497 e. The monoisotopic (exact) mass is 334 g/mol. The van der Waals surface area contributed by atoms with Crippen molar-refractivity contribution in [1.82, 2.24) is 14.5 Å². The van der Waals surface area contributed by atoms with Crippen LogP contribution < -0.4 is 4.74 Å². The fourth-order valence-corrected chi connectivity index (χ4v) is 2.89. The van der Waals surface area contributed by atoms with Crippen molar-refractivity contribution in [2.24, 2.45) is 7.05 Å². The van der Waals surface area contributed by atoms with E-state index in [-0.39, 0.29) is 5.69 Å². The van der Waals surface area contributed by atoms with E-state index in [0.717, 1.165) is 22.2 Å². The van der Waals surface area contributed by atoms with E-state index in [1.165, 1.54) is 12.1 Å². The molecule has 2 aromatic heterocycles. The molecule has 0 aliphatic heterocycles. The quantitative estimate of drug-likeness (QED) is 0.421. The zero-order valence-corrected chi connectivity index (χ0v) is 13.6. The van der Waals surface area contributed by atoms with Crippen LogP contribution in [0.4, 0.5) is 5.69 Å². The van der Waals surface area contributed by atoms with E-state index >= 15 is 0 Å². The molecule has 0 spiro atoms. The SMILES string of the molecule is COc1ccc2nc(-c3nc4cc([N+](=O)[O-])ccc4n3C)ccc2c1. The highest BCUT2D eigenvalue weighted by atomic mass is 16.6.